The van der Waals surface area contributed by atoms with E-state index < -0.39 is 21.9 Å². The summed E-state index contributed by atoms with van der Waals surface area (Å²) < 4.78 is 27.1. The van der Waals surface area contributed by atoms with Crippen molar-refractivity contribution in [3.63, 3.8) is 0 Å². The minimum atomic E-state index is -3.71. The molecule has 0 aromatic heterocycles. The molecule has 1 aromatic carbocycles. The van der Waals surface area contributed by atoms with Crippen LogP contribution in [0.25, 0.3) is 0 Å². The van der Waals surface area contributed by atoms with Crippen LogP contribution < -0.4 is 4.72 Å². The predicted molar refractivity (Wildman–Crippen MR) is 75.2 cm³/mol. The van der Waals surface area contributed by atoms with E-state index in [1.807, 2.05) is 0 Å². The number of halogens is 1. The number of rotatable bonds is 4. The van der Waals surface area contributed by atoms with Crippen molar-refractivity contribution >= 4 is 27.6 Å². The van der Waals surface area contributed by atoms with Crippen molar-refractivity contribution in [2.24, 2.45) is 5.92 Å². The van der Waals surface area contributed by atoms with Crippen LogP contribution in [-0.2, 0) is 14.8 Å². The van der Waals surface area contributed by atoms with E-state index >= 15 is 0 Å². The highest BCUT2D eigenvalue weighted by atomic mass is 35.5. The van der Waals surface area contributed by atoms with Crippen molar-refractivity contribution < 1.29 is 18.3 Å². The average molecular weight is 318 g/mol. The Bertz CT molecular complexity index is 602. The summed E-state index contributed by atoms with van der Waals surface area (Å²) in [5, 5.41) is 9.18. The van der Waals surface area contributed by atoms with Gasteiger partial charge in [-0.2, -0.15) is 0 Å². The Labute approximate surface area is 123 Å². The van der Waals surface area contributed by atoms with Crippen LogP contribution in [0.15, 0.2) is 29.2 Å². The highest BCUT2D eigenvalue weighted by molar-refractivity contribution is 7.89. The number of carboxylic acids is 1. The van der Waals surface area contributed by atoms with Gasteiger partial charge in [-0.15, -0.1) is 0 Å². The van der Waals surface area contributed by atoms with Gasteiger partial charge in [0, 0.05) is 6.04 Å². The monoisotopic (exact) mass is 317 g/mol. The Kier molecular flexibility index (Phi) is 4.67. The number of carbonyl (C=O) groups is 1. The average Bonchev–Trinajstić information content (AvgIpc) is 2.38. The summed E-state index contributed by atoms with van der Waals surface area (Å²) in [7, 11) is -3.71. The minimum Gasteiger partial charge on any atom is -0.481 e. The number of aliphatic carboxylic acids is 1. The zero-order valence-corrected chi connectivity index (χ0v) is 12.3. The molecule has 5 nitrogen and oxygen atoms in total. The molecule has 1 fully saturated rings. The highest BCUT2D eigenvalue weighted by Gasteiger charge is 2.30. The molecule has 2 unspecified atom stereocenters. The first kappa shape index (κ1) is 15.3. The number of hydrogen-bond donors (Lipinski definition) is 2. The lowest BCUT2D eigenvalue weighted by molar-refractivity contribution is -0.143. The first-order valence-corrected chi connectivity index (χ1v) is 8.26. The standard InChI is InChI=1S/C13H16ClNO4S/c14-11-6-1-2-7-12(11)20(18,19)15-10-5-3-4-9(8-10)13(16)17/h1-2,6-7,9-10,15H,3-5,8H2,(H,16,17). The molecule has 0 heterocycles. The van der Waals surface area contributed by atoms with E-state index in [-0.39, 0.29) is 16.0 Å². The third-order valence-corrected chi connectivity index (χ3v) is 5.49. The Morgan fingerprint density at radius 3 is 2.65 bits per heavy atom. The fourth-order valence-corrected chi connectivity index (χ4v) is 4.27. The molecule has 1 aromatic rings. The summed E-state index contributed by atoms with van der Waals surface area (Å²) in [5.74, 6) is -1.35. The second-order valence-corrected chi connectivity index (χ2v) is 7.04. The Morgan fingerprint density at radius 1 is 1.30 bits per heavy atom. The first-order valence-electron chi connectivity index (χ1n) is 6.40. The van der Waals surface area contributed by atoms with Crippen molar-refractivity contribution in [2.45, 2.75) is 36.6 Å². The van der Waals surface area contributed by atoms with Gasteiger partial charge in [-0.05, 0) is 31.4 Å². The maximum atomic E-state index is 12.3. The van der Waals surface area contributed by atoms with Gasteiger partial charge in [0.15, 0.2) is 0 Å². The molecule has 0 amide bonds. The van der Waals surface area contributed by atoms with E-state index in [0.717, 1.165) is 0 Å². The van der Waals surface area contributed by atoms with Crippen LogP contribution in [-0.4, -0.2) is 25.5 Å². The minimum absolute atomic E-state index is 0.0270. The molecule has 1 saturated carbocycles. The van der Waals surface area contributed by atoms with Gasteiger partial charge in [-0.25, -0.2) is 13.1 Å². The zero-order valence-electron chi connectivity index (χ0n) is 10.8. The topological polar surface area (TPSA) is 83.5 Å². The maximum absolute atomic E-state index is 12.3. The van der Waals surface area contributed by atoms with Crippen LogP contribution in [0.5, 0.6) is 0 Å². The summed E-state index contributed by atoms with van der Waals surface area (Å²) in [5.41, 5.74) is 0. The van der Waals surface area contributed by atoms with E-state index in [1.54, 1.807) is 12.1 Å². The molecule has 110 valence electrons. The van der Waals surface area contributed by atoms with E-state index in [0.29, 0.717) is 25.7 Å². The SMILES string of the molecule is O=C(O)C1CCCC(NS(=O)(=O)c2ccccc2Cl)C1. The quantitative estimate of drug-likeness (QED) is 0.892. The fraction of sp³-hybridized carbons (Fsp3) is 0.462. The van der Waals surface area contributed by atoms with Crippen molar-refractivity contribution in [1.82, 2.24) is 4.72 Å². The van der Waals surface area contributed by atoms with E-state index in [1.165, 1.54) is 12.1 Å². The van der Waals surface area contributed by atoms with Gasteiger partial charge < -0.3 is 5.11 Å². The van der Waals surface area contributed by atoms with Crippen LogP contribution in [0.1, 0.15) is 25.7 Å². The second-order valence-electron chi connectivity index (χ2n) is 4.95. The molecule has 0 saturated heterocycles. The summed E-state index contributed by atoms with van der Waals surface area (Å²) in [6, 6.07) is 5.84. The highest BCUT2D eigenvalue weighted by Crippen LogP contribution is 2.27. The van der Waals surface area contributed by atoms with Crippen LogP contribution in [0.4, 0.5) is 0 Å². The largest absolute Gasteiger partial charge is 0.481 e. The van der Waals surface area contributed by atoms with Crippen LogP contribution in [0.2, 0.25) is 5.02 Å². The van der Waals surface area contributed by atoms with Crippen molar-refractivity contribution in [3.8, 4) is 0 Å². The lowest BCUT2D eigenvalue weighted by Gasteiger charge is -2.27. The van der Waals surface area contributed by atoms with Crippen molar-refractivity contribution in [3.05, 3.63) is 29.3 Å². The fourth-order valence-electron chi connectivity index (χ4n) is 2.47. The second kappa shape index (κ2) is 6.11. The molecule has 0 radical (unpaired) electrons. The first-order chi connectivity index (χ1) is 9.40. The van der Waals surface area contributed by atoms with Gasteiger partial charge in [-0.3, -0.25) is 4.79 Å². The number of sulfonamides is 1. The molecule has 1 aliphatic rings. The van der Waals surface area contributed by atoms with Gasteiger partial charge >= 0.3 is 5.97 Å². The number of carboxylic acid groups (broad SMARTS) is 1. The van der Waals surface area contributed by atoms with E-state index in [9.17, 15) is 13.2 Å². The molecule has 2 atom stereocenters. The molecular weight excluding hydrogens is 302 g/mol. The van der Waals surface area contributed by atoms with Gasteiger partial charge in [-0.1, -0.05) is 30.2 Å². The molecular formula is C13H16ClNO4S. The molecule has 2 N–H and O–H groups in total. The van der Waals surface area contributed by atoms with Gasteiger partial charge in [0.05, 0.1) is 10.9 Å². The Hall–Kier alpha value is -1.11. The zero-order chi connectivity index (χ0) is 14.8. The Morgan fingerprint density at radius 2 is 2.00 bits per heavy atom. The summed E-state index contributed by atoms with van der Waals surface area (Å²) in [6.45, 7) is 0. The number of hydrogen-bond acceptors (Lipinski definition) is 3. The number of benzene rings is 1. The smallest absolute Gasteiger partial charge is 0.306 e. The number of nitrogens with one attached hydrogen (secondary N) is 1. The molecule has 0 bridgehead atoms. The molecule has 1 aliphatic carbocycles. The van der Waals surface area contributed by atoms with Crippen molar-refractivity contribution in [1.29, 1.82) is 0 Å². The third-order valence-electron chi connectivity index (χ3n) is 3.47. The summed E-state index contributed by atoms with van der Waals surface area (Å²) in [4.78, 5) is 11.0. The van der Waals surface area contributed by atoms with Gasteiger partial charge in [0.1, 0.15) is 4.90 Å². The van der Waals surface area contributed by atoms with Gasteiger partial charge in [0.2, 0.25) is 10.0 Å². The Balaban J connectivity index is 2.13. The molecule has 0 spiro atoms. The van der Waals surface area contributed by atoms with Crippen LogP contribution >= 0.6 is 11.6 Å². The molecule has 7 heteroatoms. The normalized spacial score (nSPS) is 23.4. The van der Waals surface area contributed by atoms with E-state index in [2.05, 4.69) is 4.72 Å². The summed E-state index contributed by atoms with van der Waals surface area (Å²) >= 11 is 5.89. The molecule has 20 heavy (non-hydrogen) atoms. The van der Waals surface area contributed by atoms with Crippen molar-refractivity contribution in [2.75, 3.05) is 0 Å². The lowest BCUT2D eigenvalue weighted by atomic mass is 9.86. The predicted octanol–water partition coefficient (Wildman–Crippen LogP) is 2.26. The summed E-state index contributed by atoms with van der Waals surface area (Å²) in [6.07, 6.45) is 2.26. The van der Waals surface area contributed by atoms with Gasteiger partial charge in [0.25, 0.3) is 0 Å². The van der Waals surface area contributed by atoms with E-state index in [4.69, 9.17) is 16.7 Å². The third kappa shape index (κ3) is 3.50. The lowest BCUT2D eigenvalue weighted by Crippen LogP contribution is -2.39. The van der Waals surface area contributed by atoms with Crippen LogP contribution in [0.3, 0.4) is 0 Å². The van der Waals surface area contributed by atoms with Crippen LogP contribution in [0, 0.1) is 5.92 Å². The molecule has 2 rings (SSSR count). The maximum Gasteiger partial charge on any atom is 0.306 e. The molecule has 0 aliphatic heterocycles.